The zero-order valence-corrected chi connectivity index (χ0v) is 22.9. The largest absolute Gasteiger partial charge is 0.338 e. The Kier molecular flexibility index (Phi) is 7.63. The van der Waals surface area contributed by atoms with Gasteiger partial charge in [0.1, 0.15) is 11.4 Å². The molecule has 4 aromatic rings. The van der Waals surface area contributed by atoms with Crippen molar-refractivity contribution in [2.45, 2.75) is 39.7 Å². The van der Waals surface area contributed by atoms with Crippen LogP contribution >= 0.6 is 22.9 Å². The van der Waals surface area contributed by atoms with Gasteiger partial charge in [0.2, 0.25) is 5.91 Å². The van der Waals surface area contributed by atoms with E-state index in [-0.39, 0.29) is 23.9 Å². The first-order valence-electron chi connectivity index (χ1n) is 12.7. The zero-order valence-electron chi connectivity index (χ0n) is 21.4. The van der Waals surface area contributed by atoms with Crippen LogP contribution in [-0.2, 0) is 17.8 Å². The van der Waals surface area contributed by atoms with Crippen LogP contribution in [0.4, 0.5) is 5.69 Å². The third kappa shape index (κ3) is 5.51. The zero-order chi connectivity index (χ0) is 26.8. The number of carbonyl (C=O) groups is 2. The van der Waals surface area contributed by atoms with E-state index in [1.165, 1.54) is 27.8 Å². The lowest BCUT2D eigenvalue weighted by Gasteiger charge is -2.32. The number of nitrogens with zero attached hydrogens (tertiary/aromatic N) is 3. The molecule has 1 aliphatic rings. The minimum Gasteiger partial charge on any atom is -0.338 e. The van der Waals surface area contributed by atoms with E-state index in [4.69, 9.17) is 11.6 Å². The molecule has 9 heteroatoms. The average Bonchev–Trinajstić information content (AvgIpc) is 3.25. The van der Waals surface area contributed by atoms with Gasteiger partial charge in [-0.25, -0.2) is 4.98 Å². The number of likely N-dealkylation sites (tertiary alicyclic amines) is 1. The van der Waals surface area contributed by atoms with Gasteiger partial charge in [0.15, 0.2) is 0 Å². The van der Waals surface area contributed by atoms with Gasteiger partial charge in [-0.2, -0.15) is 0 Å². The SMILES string of the molecule is Cc1ccc(NC(=O)Cn2cnc3sc(C(=O)N4CCC(Cc5ccccc5)CC4)c(C)c3c2=O)cc1Cl. The molecule has 1 N–H and O–H groups in total. The predicted octanol–water partition coefficient (Wildman–Crippen LogP) is 5.46. The summed E-state index contributed by atoms with van der Waals surface area (Å²) in [5.41, 5.74) is 3.09. The normalized spacial score (nSPS) is 14.1. The Bertz CT molecular complexity index is 1560. The van der Waals surface area contributed by atoms with Gasteiger partial charge in [-0.3, -0.25) is 19.0 Å². The van der Waals surface area contributed by atoms with E-state index in [2.05, 4.69) is 34.6 Å². The van der Waals surface area contributed by atoms with Crippen molar-refractivity contribution >= 4 is 50.7 Å². The molecule has 0 atom stereocenters. The van der Waals surface area contributed by atoms with Crippen LogP contribution in [0, 0.1) is 19.8 Å². The number of fused-ring (bicyclic) bond motifs is 1. The van der Waals surface area contributed by atoms with Crippen LogP contribution in [0.5, 0.6) is 0 Å². The first kappa shape index (κ1) is 26.1. The minimum atomic E-state index is -0.365. The van der Waals surface area contributed by atoms with Gasteiger partial charge < -0.3 is 10.2 Å². The Morgan fingerprint density at radius 1 is 1.11 bits per heavy atom. The van der Waals surface area contributed by atoms with Crippen molar-refractivity contribution in [2.24, 2.45) is 5.92 Å². The molecule has 1 saturated heterocycles. The van der Waals surface area contributed by atoms with Crippen molar-refractivity contribution < 1.29 is 9.59 Å². The van der Waals surface area contributed by atoms with Gasteiger partial charge in [-0.15, -0.1) is 11.3 Å². The van der Waals surface area contributed by atoms with Gasteiger partial charge >= 0.3 is 0 Å². The lowest BCUT2D eigenvalue weighted by Crippen LogP contribution is -2.38. The molecule has 0 aliphatic carbocycles. The van der Waals surface area contributed by atoms with E-state index < -0.39 is 0 Å². The number of halogens is 1. The van der Waals surface area contributed by atoms with Crippen molar-refractivity contribution in [2.75, 3.05) is 18.4 Å². The van der Waals surface area contributed by atoms with Gasteiger partial charge in [-0.1, -0.05) is 48.0 Å². The van der Waals surface area contributed by atoms with Crippen LogP contribution in [0.1, 0.15) is 39.2 Å². The summed E-state index contributed by atoms with van der Waals surface area (Å²) in [4.78, 5) is 46.6. The van der Waals surface area contributed by atoms with Crippen molar-refractivity contribution in [3.63, 3.8) is 0 Å². The third-order valence-corrected chi connectivity index (χ3v) is 8.75. The molecule has 5 rings (SSSR count). The molecule has 3 heterocycles. The number of amides is 2. The highest BCUT2D eigenvalue weighted by Crippen LogP contribution is 2.30. The molecular formula is C29H29ClN4O3S. The Labute approximate surface area is 230 Å². The smallest absolute Gasteiger partial charge is 0.264 e. The summed E-state index contributed by atoms with van der Waals surface area (Å²) in [5, 5.41) is 3.71. The first-order chi connectivity index (χ1) is 18.3. The predicted molar refractivity (Wildman–Crippen MR) is 152 cm³/mol. The van der Waals surface area contributed by atoms with E-state index in [0.29, 0.717) is 50.4 Å². The van der Waals surface area contributed by atoms with Gasteiger partial charge in [0.05, 0.1) is 16.6 Å². The lowest BCUT2D eigenvalue weighted by atomic mass is 9.90. The number of aryl methyl sites for hydroxylation is 2. The van der Waals surface area contributed by atoms with Crippen LogP contribution in [0.2, 0.25) is 5.02 Å². The molecule has 7 nitrogen and oxygen atoms in total. The lowest BCUT2D eigenvalue weighted by molar-refractivity contribution is -0.116. The van der Waals surface area contributed by atoms with E-state index in [1.54, 1.807) is 19.1 Å². The number of piperidine rings is 1. The third-order valence-electron chi connectivity index (χ3n) is 7.15. The number of nitrogens with one attached hydrogen (secondary N) is 1. The quantitative estimate of drug-likeness (QED) is 0.347. The molecule has 1 fully saturated rings. The summed E-state index contributed by atoms with van der Waals surface area (Å²) < 4.78 is 1.27. The number of rotatable bonds is 6. The van der Waals surface area contributed by atoms with E-state index in [0.717, 1.165) is 24.8 Å². The monoisotopic (exact) mass is 548 g/mol. The Hall–Kier alpha value is -3.49. The van der Waals surface area contributed by atoms with Crippen molar-refractivity contribution in [1.82, 2.24) is 14.5 Å². The summed E-state index contributed by atoms with van der Waals surface area (Å²) in [6.45, 7) is 4.87. The van der Waals surface area contributed by atoms with Crippen molar-refractivity contribution in [1.29, 1.82) is 0 Å². The van der Waals surface area contributed by atoms with Crippen LogP contribution in [0.25, 0.3) is 10.2 Å². The second kappa shape index (κ2) is 11.1. The molecule has 196 valence electrons. The second-order valence-corrected chi connectivity index (χ2v) is 11.3. The van der Waals surface area contributed by atoms with Crippen LogP contribution in [-0.4, -0.2) is 39.4 Å². The molecule has 0 unspecified atom stereocenters. The van der Waals surface area contributed by atoms with Crippen molar-refractivity contribution in [3.05, 3.63) is 91.8 Å². The van der Waals surface area contributed by atoms with Gasteiger partial charge in [-0.05, 0) is 67.9 Å². The molecule has 2 aromatic heterocycles. The highest BCUT2D eigenvalue weighted by molar-refractivity contribution is 7.20. The molecular weight excluding hydrogens is 520 g/mol. The summed E-state index contributed by atoms with van der Waals surface area (Å²) >= 11 is 7.39. The number of aromatic nitrogens is 2. The van der Waals surface area contributed by atoms with E-state index in [1.807, 2.05) is 24.0 Å². The topological polar surface area (TPSA) is 84.3 Å². The van der Waals surface area contributed by atoms with Crippen LogP contribution in [0.3, 0.4) is 0 Å². The number of anilines is 1. The van der Waals surface area contributed by atoms with Gasteiger partial charge in [0, 0.05) is 23.8 Å². The molecule has 2 amide bonds. The number of thiophene rings is 1. The summed E-state index contributed by atoms with van der Waals surface area (Å²) in [7, 11) is 0. The summed E-state index contributed by atoms with van der Waals surface area (Å²) in [6, 6.07) is 15.7. The summed E-state index contributed by atoms with van der Waals surface area (Å²) in [6.07, 6.45) is 4.30. The number of hydrogen-bond acceptors (Lipinski definition) is 5. The maximum atomic E-state index is 13.4. The van der Waals surface area contributed by atoms with E-state index >= 15 is 0 Å². The maximum absolute atomic E-state index is 13.4. The Morgan fingerprint density at radius 2 is 1.84 bits per heavy atom. The molecule has 0 bridgehead atoms. The minimum absolute atomic E-state index is 0.0522. The number of benzene rings is 2. The number of hydrogen-bond donors (Lipinski definition) is 1. The fourth-order valence-electron chi connectivity index (χ4n) is 4.93. The Balaban J connectivity index is 1.28. The Morgan fingerprint density at radius 3 is 2.55 bits per heavy atom. The highest BCUT2D eigenvalue weighted by atomic mass is 35.5. The average molecular weight is 549 g/mol. The molecule has 0 saturated carbocycles. The maximum Gasteiger partial charge on any atom is 0.264 e. The fraction of sp³-hybridized carbons (Fsp3) is 0.310. The first-order valence-corrected chi connectivity index (χ1v) is 13.9. The molecule has 2 aromatic carbocycles. The highest BCUT2D eigenvalue weighted by Gasteiger charge is 2.27. The van der Waals surface area contributed by atoms with Crippen LogP contribution in [0.15, 0.2) is 59.7 Å². The number of carbonyl (C=O) groups excluding carboxylic acids is 2. The second-order valence-electron chi connectivity index (χ2n) is 9.85. The summed E-state index contributed by atoms with van der Waals surface area (Å²) in [5.74, 6) is 0.139. The van der Waals surface area contributed by atoms with Crippen molar-refractivity contribution in [3.8, 4) is 0 Å². The molecule has 38 heavy (non-hydrogen) atoms. The fourth-order valence-corrected chi connectivity index (χ4v) is 6.22. The molecule has 0 spiro atoms. The molecule has 1 aliphatic heterocycles. The van der Waals surface area contributed by atoms with Gasteiger partial charge in [0.25, 0.3) is 11.5 Å². The van der Waals surface area contributed by atoms with Crippen LogP contribution < -0.4 is 10.9 Å². The standard InChI is InChI=1S/C29H29ClN4O3S/c1-18-8-9-22(15-23(18)30)32-24(35)16-34-17-31-27-25(28(34)36)19(2)26(38-27)29(37)33-12-10-21(11-13-33)14-20-6-4-3-5-7-20/h3-9,15,17,21H,10-14,16H2,1-2H3,(H,32,35). The molecule has 0 radical (unpaired) electrons. The van der Waals surface area contributed by atoms with E-state index in [9.17, 15) is 14.4 Å².